The topological polar surface area (TPSA) is 72.0 Å². The van der Waals surface area contributed by atoms with Gasteiger partial charge in [-0.2, -0.15) is 15.0 Å². The summed E-state index contributed by atoms with van der Waals surface area (Å²) in [6.45, 7) is 2.37. The first-order chi connectivity index (χ1) is 9.63. The van der Waals surface area contributed by atoms with Crippen LogP contribution in [0, 0.1) is 0 Å². The molecule has 20 heavy (non-hydrogen) atoms. The minimum Gasteiger partial charge on any atom is -0.464 e. The molecule has 8 heteroatoms. The number of hydrogen-bond donors (Lipinski definition) is 2. The van der Waals surface area contributed by atoms with Crippen molar-refractivity contribution in [3.8, 4) is 6.01 Å². The van der Waals surface area contributed by atoms with Gasteiger partial charge in [0.25, 0.3) is 0 Å². The van der Waals surface area contributed by atoms with Crippen molar-refractivity contribution in [3.63, 3.8) is 0 Å². The van der Waals surface area contributed by atoms with Gasteiger partial charge in [0.15, 0.2) is 0 Å². The molecule has 2 aromatic rings. The SMILES string of the molecule is CCOc1nc(NC)nc(Nc2c(Br)cccc2Br)n1. The molecule has 0 aliphatic carbocycles. The molecule has 1 heterocycles. The first kappa shape index (κ1) is 15.0. The largest absolute Gasteiger partial charge is 0.464 e. The maximum absolute atomic E-state index is 5.32. The van der Waals surface area contributed by atoms with Crippen molar-refractivity contribution in [1.82, 2.24) is 15.0 Å². The second kappa shape index (κ2) is 6.85. The second-order valence-electron chi connectivity index (χ2n) is 3.67. The summed E-state index contributed by atoms with van der Waals surface area (Å²) in [7, 11) is 1.74. The Kier molecular flexibility index (Phi) is 5.13. The highest BCUT2D eigenvalue weighted by Gasteiger charge is 2.10. The van der Waals surface area contributed by atoms with Crippen LogP contribution >= 0.6 is 31.9 Å². The van der Waals surface area contributed by atoms with E-state index in [1.807, 2.05) is 25.1 Å². The summed E-state index contributed by atoms with van der Waals surface area (Å²) in [4.78, 5) is 12.6. The summed E-state index contributed by atoms with van der Waals surface area (Å²) in [5.41, 5.74) is 0.836. The lowest BCUT2D eigenvalue weighted by Crippen LogP contribution is -2.07. The Morgan fingerprint density at radius 2 is 1.75 bits per heavy atom. The normalized spacial score (nSPS) is 10.2. The third kappa shape index (κ3) is 3.57. The third-order valence-corrected chi connectivity index (χ3v) is 3.63. The first-order valence-corrected chi connectivity index (χ1v) is 7.50. The van der Waals surface area contributed by atoms with Gasteiger partial charge in [0, 0.05) is 16.0 Å². The monoisotopic (exact) mass is 401 g/mol. The molecule has 0 saturated carbocycles. The summed E-state index contributed by atoms with van der Waals surface area (Å²) < 4.78 is 7.12. The van der Waals surface area contributed by atoms with Gasteiger partial charge in [-0.3, -0.25) is 0 Å². The van der Waals surface area contributed by atoms with E-state index < -0.39 is 0 Å². The summed E-state index contributed by atoms with van der Waals surface area (Å²) in [6.07, 6.45) is 0. The molecule has 1 aromatic heterocycles. The van der Waals surface area contributed by atoms with Gasteiger partial charge < -0.3 is 15.4 Å². The van der Waals surface area contributed by atoms with Crippen LogP contribution in [0.1, 0.15) is 6.92 Å². The zero-order valence-electron chi connectivity index (χ0n) is 10.9. The van der Waals surface area contributed by atoms with Crippen LogP contribution in [0.2, 0.25) is 0 Å². The molecular weight excluding hydrogens is 390 g/mol. The van der Waals surface area contributed by atoms with E-state index in [9.17, 15) is 0 Å². The van der Waals surface area contributed by atoms with Crippen LogP contribution < -0.4 is 15.4 Å². The molecule has 2 N–H and O–H groups in total. The molecule has 0 aliphatic rings. The highest BCUT2D eigenvalue weighted by molar-refractivity contribution is 9.11. The lowest BCUT2D eigenvalue weighted by Gasteiger charge is -2.11. The van der Waals surface area contributed by atoms with Crippen LogP contribution in [0.25, 0.3) is 0 Å². The predicted molar refractivity (Wildman–Crippen MR) is 85.7 cm³/mol. The lowest BCUT2D eigenvalue weighted by molar-refractivity contribution is 0.312. The quantitative estimate of drug-likeness (QED) is 0.796. The minimum atomic E-state index is 0.275. The van der Waals surface area contributed by atoms with Crippen molar-refractivity contribution in [2.45, 2.75) is 6.92 Å². The Labute approximate surface area is 133 Å². The van der Waals surface area contributed by atoms with E-state index in [4.69, 9.17) is 4.74 Å². The van der Waals surface area contributed by atoms with Gasteiger partial charge in [0.2, 0.25) is 11.9 Å². The van der Waals surface area contributed by atoms with Crippen molar-refractivity contribution in [2.75, 3.05) is 24.3 Å². The van der Waals surface area contributed by atoms with Crippen molar-refractivity contribution in [2.24, 2.45) is 0 Å². The fourth-order valence-corrected chi connectivity index (χ4v) is 2.64. The Hall–Kier alpha value is -1.41. The third-order valence-electron chi connectivity index (χ3n) is 2.31. The van der Waals surface area contributed by atoms with Gasteiger partial charge in [-0.15, -0.1) is 0 Å². The van der Waals surface area contributed by atoms with Crippen LogP contribution in [-0.4, -0.2) is 28.6 Å². The fraction of sp³-hybridized carbons (Fsp3) is 0.250. The number of halogens is 2. The molecule has 0 amide bonds. The fourth-order valence-electron chi connectivity index (χ4n) is 1.45. The van der Waals surface area contributed by atoms with E-state index in [-0.39, 0.29) is 6.01 Å². The van der Waals surface area contributed by atoms with E-state index in [1.54, 1.807) is 7.05 Å². The molecule has 1 aromatic carbocycles. The highest BCUT2D eigenvalue weighted by atomic mass is 79.9. The van der Waals surface area contributed by atoms with E-state index in [1.165, 1.54) is 0 Å². The maximum atomic E-state index is 5.32. The second-order valence-corrected chi connectivity index (χ2v) is 5.38. The van der Waals surface area contributed by atoms with Crippen LogP contribution in [0.3, 0.4) is 0 Å². The molecule has 0 fully saturated rings. The number of nitrogens with zero attached hydrogens (tertiary/aromatic N) is 3. The van der Waals surface area contributed by atoms with Gasteiger partial charge in [-0.05, 0) is 50.9 Å². The number of para-hydroxylation sites is 1. The van der Waals surface area contributed by atoms with Crippen molar-refractivity contribution >= 4 is 49.4 Å². The summed E-state index contributed by atoms with van der Waals surface area (Å²) >= 11 is 6.96. The standard InChI is InChI=1S/C12H13Br2N5O/c1-3-20-12-18-10(15-2)17-11(19-12)16-9-7(13)5-4-6-8(9)14/h4-6H,3H2,1-2H3,(H2,15,16,17,18,19). The number of rotatable bonds is 5. The molecule has 0 spiro atoms. The van der Waals surface area contributed by atoms with E-state index >= 15 is 0 Å². The van der Waals surface area contributed by atoms with Gasteiger partial charge in [0.05, 0.1) is 12.3 Å². The number of aromatic nitrogens is 3. The molecule has 0 saturated heterocycles. The highest BCUT2D eigenvalue weighted by Crippen LogP contribution is 2.32. The average molecular weight is 403 g/mol. The number of hydrogen-bond acceptors (Lipinski definition) is 6. The summed E-state index contributed by atoms with van der Waals surface area (Å²) in [6, 6.07) is 6.06. The lowest BCUT2D eigenvalue weighted by atomic mass is 10.3. The molecule has 0 bridgehead atoms. The van der Waals surface area contributed by atoms with Crippen LogP contribution in [0.15, 0.2) is 27.1 Å². The van der Waals surface area contributed by atoms with Gasteiger partial charge in [-0.1, -0.05) is 6.07 Å². The zero-order chi connectivity index (χ0) is 14.5. The number of anilines is 3. The molecule has 0 unspecified atom stereocenters. The van der Waals surface area contributed by atoms with E-state index in [0.29, 0.717) is 18.5 Å². The maximum Gasteiger partial charge on any atom is 0.323 e. The summed E-state index contributed by atoms with van der Waals surface area (Å²) in [5.74, 6) is 0.842. The first-order valence-electron chi connectivity index (χ1n) is 5.91. The van der Waals surface area contributed by atoms with Gasteiger partial charge >= 0.3 is 6.01 Å². The number of nitrogens with one attached hydrogen (secondary N) is 2. The average Bonchev–Trinajstić information content (AvgIpc) is 2.43. The minimum absolute atomic E-state index is 0.275. The van der Waals surface area contributed by atoms with Gasteiger partial charge in [-0.25, -0.2) is 0 Å². The molecule has 2 rings (SSSR count). The Bertz CT molecular complexity index is 588. The zero-order valence-corrected chi connectivity index (χ0v) is 14.1. The predicted octanol–water partition coefficient (Wildman–Crippen LogP) is 3.58. The number of ether oxygens (including phenoxy) is 1. The molecule has 0 atom stereocenters. The Morgan fingerprint density at radius 3 is 2.35 bits per heavy atom. The van der Waals surface area contributed by atoms with Crippen molar-refractivity contribution < 1.29 is 4.74 Å². The number of benzene rings is 1. The summed E-state index contributed by atoms with van der Waals surface area (Å²) in [5, 5.41) is 6.01. The van der Waals surface area contributed by atoms with E-state index in [0.717, 1.165) is 14.6 Å². The van der Waals surface area contributed by atoms with Crippen molar-refractivity contribution in [3.05, 3.63) is 27.1 Å². The van der Waals surface area contributed by atoms with Crippen molar-refractivity contribution in [1.29, 1.82) is 0 Å². The molecule has 106 valence electrons. The van der Waals surface area contributed by atoms with Crippen LogP contribution in [-0.2, 0) is 0 Å². The molecule has 6 nitrogen and oxygen atoms in total. The molecule has 0 radical (unpaired) electrons. The van der Waals surface area contributed by atoms with Crippen LogP contribution in [0.4, 0.5) is 17.6 Å². The van der Waals surface area contributed by atoms with Gasteiger partial charge in [0.1, 0.15) is 0 Å². The Balaban J connectivity index is 2.35. The molecular formula is C12H13Br2N5O. The van der Waals surface area contributed by atoms with E-state index in [2.05, 4.69) is 57.4 Å². The molecule has 0 aliphatic heterocycles. The van der Waals surface area contributed by atoms with Crippen LogP contribution in [0.5, 0.6) is 6.01 Å². The smallest absolute Gasteiger partial charge is 0.323 e. The Morgan fingerprint density at radius 1 is 1.10 bits per heavy atom.